The fourth-order valence-electron chi connectivity index (χ4n) is 2.24. The molecular formula is C14H21ClN2O3. The van der Waals surface area contributed by atoms with Gasteiger partial charge in [0.05, 0.1) is 18.2 Å². The summed E-state index contributed by atoms with van der Waals surface area (Å²) in [5.74, 6) is -0.0884. The fraction of sp³-hybridized carbons (Fsp3) is 0.500. The first-order chi connectivity index (χ1) is 9.20. The molecule has 2 rings (SSSR count). The topological polar surface area (TPSA) is 70.6 Å². The van der Waals surface area contributed by atoms with Gasteiger partial charge in [-0.05, 0) is 12.0 Å². The highest BCUT2D eigenvalue weighted by Gasteiger charge is 2.28. The minimum Gasteiger partial charge on any atom is -0.392 e. The third kappa shape index (κ3) is 4.45. The second kappa shape index (κ2) is 8.21. The van der Waals surface area contributed by atoms with Gasteiger partial charge >= 0.3 is 0 Å². The Balaban J connectivity index is 0.00000200. The molecule has 0 saturated carbocycles. The Morgan fingerprint density at radius 1 is 1.50 bits per heavy atom. The molecule has 112 valence electrons. The van der Waals surface area contributed by atoms with Gasteiger partial charge in [-0.1, -0.05) is 30.3 Å². The highest BCUT2D eigenvalue weighted by atomic mass is 35.5. The van der Waals surface area contributed by atoms with Crippen LogP contribution in [0.25, 0.3) is 0 Å². The van der Waals surface area contributed by atoms with Crippen molar-refractivity contribution in [2.45, 2.75) is 24.7 Å². The molecule has 6 heteroatoms. The van der Waals surface area contributed by atoms with Crippen LogP contribution in [0.2, 0.25) is 0 Å². The molecule has 1 fully saturated rings. The second-order valence-electron chi connectivity index (χ2n) is 4.73. The monoisotopic (exact) mass is 300 g/mol. The van der Waals surface area contributed by atoms with E-state index < -0.39 is 6.10 Å². The van der Waals surface area contributed by atoms with Crippen molar-refractivity contribution in [2.24, 2.45) is 0 Å². The molecule has 1 aliphatic heterocycles. The summed E-state index contributed by atoms with van der Waals surface area (Å²) in [4.78, 5) is 11.9. The van der Waals surface area contributed by atoms with E-state index in [0.717, 1.165) is 5.56 Å². The number of β-amino-alcohol motifs (C(OH)–C–C–N with tert-alkyl or cyclic N) is 1. The first kappa shape index (κ1) is 16.9. The van der Waals surface area contributed by atoms with E-state index in [1.165, 1.54) is 0 Å². The number of hydrogen-bond donors (Lipinski definition) is 3. The number of amides is 1. The minimum absolute atomic E-state index is 0. The number of aliphatic hydroxyl groups excluding tert-OH is 1. The van der Waals surface area contributed by atoms with Gasteiger partial charge in [0, 0.05) is 20.2 Å². The Bertz CT molecular complexity index is 416. The molecular weight excluding hydrogens is 280 g/mol. The van der Waals surface area contributed by atoms with E-state index in [9.17, 15) is 9.90 Å². The van der Waals surface area contributed by atoms with Crippen molar-refractivity contribution in [3.63, 3.8) is 0 Å². The van der Waals surface area contributed by atoms with E-state index in [-0.39, 0.29) is 30.5 Å². The van der Waals surface area contributed by atoms with Gasteiger partial charge in [0.2, 0.25) is 5.91 Å². The summed E-state index contributed by atoms with van der Waals surface area (Å²) < 4.78 is 5.39. The number of benzene rings is 1. The van der Waals surface area contributed by atoms with E-state index >= 15 is 0 Å². The van der Waals surface area contributed by atoms with Gasteiger partial charge in [0.25, 0.3) is 0 Å². The standard InChI is InChI=1S/C14H20N2O3.ClH/c1-19-13(10-5-3-2-4-6-10)9-16-14(18)12-7-11(17)8-15-12;/h2-6,11-13,15,17H,7-9H2,1H3,(H,16,18);1H. The molecule has 1 aliphatic rings. The molecule has 1 saturated heterocycles. The molecule has 20 heavy (non-hydrogen) atoms. The lowest BCUT2D eigenvalue weighted by Gasteiger charge is -2.18. The Morgan fingerprint density at radius 3 is 2.75 bits per heavy atom. The summed E-state index contributed by atoms with van der Waals surface area (Å²) in [6.45, 7) is 0.901. The molecule has 5 nitrogen and oxygen atoms in total. The number of hydrogen-bond acceptors (Lipinski definition) is 4. The Hall–Kier alpha value is -1.14. The molecule has 3 N–H and O–H groups in total. The van der Waals surface area contributed by atoms with Crippen LogP contribution in [0.3, 0.4) is 0 Å². The van der Waals surface area contributed by atoms with Crippen LogP contribution >= 0.6 is 12.4 Å². The number of halogens is 1. The zero-order valence-corrected chi connectivity index (χ0v) is 12.2. The molecule has 1 aromatic carbocycles. The van der Waals surface area contributed by atoms with Crippen LogP contribution in [0, 0.1) is 0 Å². The van der Waals surface area contributed by atoms with E-state index in [1.807, 2.05) is 30.3 Å². The Morgan fingerprint density at radius 2 is 2.20 bits per heavy atom. The lowest BCUT2D eigenvalue weighted by Crippen LogP contribution is -2.42. The van der Waals surface area contributed by atoms with Crippen molar-refractivity contribution in [2.75, 3.05) is 20.2 Å². The predicted octanol–water partition coefficient (Wildman–Crippen LogP) is 0.635. The molecule has 0 spiro atoms. The maximum atomic E-state index is 11.9. The number of ether oxygens (including phenoxy) is 1. The van der Waals surface area contributed by atoms with Crippen molar-refractivity contribution in [1.29, 1.82) is 0 Å². The average molecular weight is 301 g/mol. The first-order valence-corrected chi connectivity index (χ1v) is 6.47. The zero-order chi connectivity index (χ0) is 13.7. The summed E-state index contributed by atoms with van der Waals surface area (Å²) in [6, 6.07) is 9.47. The van der Waals surface area contributed by atoms with Gasteiger partial charge in [-0.3, -0.25) is 4.79 Å². The van der Waals surface area contributed by atoms with E-state index in [1.54, 1.807) is 7.11 Å². The van der Waals surface area contributed by atoms with Crippen molar-refractivity contribution in [3.05, 3.63) is 35.9 Å². The number of methoxy groups -OCH3 is 1. The van der Waals surface area contributed by atoms with Gasteiger partial charge in [0.1, 0.15) is 0 Å². The normalized spacial score (nSPS) is 22.9. The lowest BCUT2D eigenvalue weighted by atomic mass is 10.1. The van der Waals surface area contributed by atoms with Crippen molar-refractivity contribution >= 4 is 18.3 Å². The number of nitrogens with one attached hydrogen (secondary N) is 2. The molecule has 1 aromatic rings. The number of carbonyl (C=O) groups is 1. The highest BCUT2D eigenvalue weighted by Crippen LogP contribution is 2.15. The third-order valence-electron chi connectivity index (χ3n) is 3.34. The van der Waals surface area contributed by atoms with Crippen molar-refractivity contribution in [1.82, 2.24) is 10.6 Å². The maximum absolute atomic E-state index is 11.9. The van der Waals surface area contributed by atoms with Gasteiger partial charge in [0.15, 0.2) is 0 Å². The smallest absolute Gasteiger partial charge is 0.237 e. The van der Waals surface area contributed by atoms with Crippen LogP contribution in [0.5, 0.6) is 0 Å². The van der Waals surface area contributed by atoms with Crippen LogP contribution in [0.15, 0.2) is 30.3 Å². The van der Waals surface area contributed by atoms with E-state index in [4.69, 9.17) is 4.74 Å². The van der Waals surface area contributed by atoms with Gasteiger partial charge < -0.3 is 20.5 Å². The van der Waals surface area contributed by atoms with Crippen LogP contribution in [0.1, 0.15) is 18.1 Å². The Kier molecular flexibility index (Phi) is 6.95. The van der Waals surface area contributed by atoms with Crippen molar-refractivity contribution in [3.8, 4) is 0 Å². The predicted molar refractivity (Wildman–Crippen MR) is 78.9 cm³/mol. The average Bonchev–Trinajstić information content (AvgIpc) is 2.87. The van der Waals surface area contributed by atoms with Crippen molar-refractivity contribution < 1.29 is 14.6 Å². The zero-order valence-electron chi connectivity index (χ0n) is 11.4. The third-order valence-corrected chi connectivity index (χ3v) is 3.34. The van der Waals surface area contributed by atoms with Crippen LogP contribution in [-0.2, 0) is 9.53 Å². The SMILES string of the molecule is COC(CNC(=O)C1CC(O)CN1)c1ccccc1.Cl. The van der Waals surface area contributed by atoms with Crippen LogP contribution in [0.4, 0.5) is 0 Å². The molecule has 3 unspecified atom stereocenters. The second-order valence-corrected chi connectivity index (χ2v) is 4.73. The summed E-state index contributed by atoms with van der Waals surface area (Å²) >= 11 is 0. The molecule has 0 radical (unpaired) electrons. The molecule has 1 heterocycles. The minimum atomic E-state index is -0.428. The van der Waals surface area contributed by atoms with Crippen LogP contribution < -0.4 is 10.6 Å². The molecule has 3 atom stereocenters. The molecule has 0 bridgehead atoms. The number of aliphatic hydroxyl groups is 1. The number of rotatable bonds is 5. The summed E-state index contributed by atoms with van der Waals surface area (Å²) in [5.41, 5.74) is 1.03. The Labute approximate surface area is 125 Å². The molecule has 1 amide bonds. The van der Waals surface area contributed by atoms with E-state index in [2.05, 4.69) is 10.6 Å². The van der Waals surface area contributed by atoms with Crippen LogP contribution in [-0.4, -0.2) is 43.4 Å². The van der Waals surface area contributed by atoms with E-state index in [0.29, 0.717) is 19.5 Å². The largest absolute Gasteiger partial charge is 0.392 e. The highest BCUT2D eigenvalue weighted by molar-refractivity contribution is 5.85. The fourth-order valence-corrected chi connectivity index (χ4v) is 2.24. The number of carbonyl (C=O) groups excluding carboxylic acids is 1. The van der Waals surface area contributed by atoms with Gasteiger partial charge in [-0.2, -0.15) is 0 Å². The quantitative estimate of drug-likeness (QED) is 0.746. The summed E-state index contributed by atoms with van der Waals surface area (Å²) in [6.07, 6.45) is -0.117. The summed E-state index contributed by atoms with van der Waals surface area (Å²) in [7, 11) is 1.63. The molecule has 0 aromatic heterocycles. The lowest BCUT2D eigenvalue weighted by molar-refractivity contribution is -0.123. The van der Waals surface area contributed by atoms with Gasteiger partial charge in [-0.15, -0.1) is 12.4 Å². The first-order valence-electron chi connectivity index (χ1n) is 6.47. The molecule has 0 aliphatic carbocycles. The summed E-state index contributed by atoms with van der Waals surface area (Å²) in [5, 5.41) is 15.2. The van der Waals surface area contributed by atoms with Gasteiger partial charge in [-0.25, -0.2) is 0 Å². The maximum Gasteiger partial charge on any atom is 0.237 e.